The van der Waals surface area contributed by atoms with Crippen LogP contribution in [0.4, 0.5) is 5.69 Å². The van der Waals surface area contributed by atoms with E-state index < -0.39 is 0 Å². The van der Waals surface area contributed by atoms with Gasteiger partial charge in [0.2, 0.25) is 0 Å². The van der Waals surface area contributed by atoms with Gasteiger partial charge in [-0.25, -0.2) is 0 Å². The first-order valence-corrected chi connectivity index (χ1v) is 7.29. The van der Waals surface area contributed by atoms with E-state index in [0.717, 1.165) is 31.7 Å². The third-order valence-corrected chi connectivity index (χ3v) is 3.80. The summed E-state index contributed by atoms with van der Waals surface area (Å²) in [5.41, 5.74) is 1.42. The number of hydrogen-bond donors (Lipinski definition) is 2. The smallest absolute Gasteiger partial charge is 0.270 e. The number of amides is 1. The number of piperidine rings is 1. The Morgan fingerprint density at radius 3 is 3.05 bits per heavy atom. The van der Waals surface area contributed by atoms with Crippen LogP contribution in [0.1, 0.15) is 30.8 Å². The zero-order chi connectivity index (χ0) is 14.5. The van der Waals surface area contributed by atoms with Crippen LogP contribution in [0, 0.1) is 5.92 Å². The van der Waals surface area contributed by atoms with Gasteiger partial charge in [0.1, 0.15) is 5.69 Å². The number of carbonyl (C=O) groups excluding carboxylic acids is 1. The molecule has 2 N–H and O–H groups in total. The third-order valence-electron chi connectivity index (χ3n) is 3.80. The summed E-state index contributed by atoms with van der Waals surface area (Å²) in [5, 5.41) is 6.31. The number of likely N-dealkylation sites (tertiary alicyclic amines) is 1. The highest BCUT2D eigenvalue weighted by atomic mass is 16.1. The molecule has 0 bridgehead atoms. The quantitative estimate of drug-likeness (QED) is 0.877. The Morgan fingerprint density at radius 1 is 1.55 bits per heavy atom. The lowest BCUT2D eigenvalue weighted by molar-refractivity contribution is 0.0879. The van der Waals surface area contributed by atoms with Crippen LogP contribution in [0.25, 0.3) is 0 Å². The van der Waals surface area contributed by atoms with E-state index in [0.29, 0.717) is 11.6 Å². The van der Waals surface area contributed by atoms with Crippen LogP contribution < -0.4 is 10.6 Å². The number of nitrogens with zero attached hydrogens (tertiary/aromatic N) is 2. The Labute approximate surface area is 120 Å². The maximum Gasteiger partial charge on any atom is 0.270 e. The van der Waals surface area contributed by atoms with E-state index in [1.165, 1.54) is 0 Å². The van der Waals surface area contributed by atoms with Gasteiger partial charge < -0.3 is 15.5 Å². The molecule has 1 aromatic heterocycles. The Kier molecular flexibility index (Phi) is 4.95. The fourth-order valence-corrected chi connectivity index (χ4v) is 2.68. The average Bonchev–Trinajstić information content (AvgIpc) is 2.42. The van der Waals surface area contributed by atoms with Crippen LogP contribution in [0.5, 0.6) is 0 Å². The van der Waals surface area contributed by atoms with Gasteiger partial charge in [-0.15, -0.1) is 0 Å². The molecule has 1 aromatic rings. The number of anilines is 1. The fourth-order valence-electron chi connectivity index (χ4n) is 2.68. The third kappa shape index (κ3) is 3.70. The lowest BCUT2D eigenvalue weighted by Gasteiger charge is -2.35. The van der Waals surface area contributed by atoms with Crippen LogP contribution in [0.2, 0.25) is 0 Å². The van der Waals surface area contributed by atoms with Crippen molar-refractivity contribution in [3.05, 3.63) is 24.0 Å². The van der Waals surface area contributed by atoms with E-state index in [2.05, 4.69) is 34.5 Å². The Hall–Kier alpha value is -1.62. The largest absolute Gasteiger partial charge is 0.385 e. The van der Waals surface area contributed by atoms with Gasteiger partial charge in [-0.1, -0.05) is 6.92 Å². The van der Waals surface area contributed by atoms with Crippen molar-refractivity contribution in [2.45, 2.75) is 26.3 Å². The molecule has 1 amide bonds. The summed E-state index contributed by atoms with van der Waals surface area (Å²) in [6.07, 6.45) is 2.67. The summed E-state index contributed by atoms with van der Waals surface area (Å²) in [6, 6.07) is 3.92. The van der Waals surface area contributed by atoms with Crippen LogP contribution in [0.15, 0.2) is 18.3 Å². The number of hydrogen-bond acceptors (Lipinski definition) is 4. The SMILES string of the molecule is CCNc1ccnc(C(=O)NC2CCN(C)CC2C)c1. The molecule has 2 rings (SSSR count). The van der Waals surface area contributed by atoms with Crippen LogP contribution in [-0.2, 0) is 0 Å². The zero-order valence-electron chi connectivity index (χ0n) is 12.5. The van der Waals surface area contributed by atoms with Gasteiger partial charge in [0.15, 0.2) is 0 Å². The van der Waals surface area contributed by atoms with Crippen molar-refractivity contribution >= 4 is 11.6 Å². The molecule has 5 heteroatoms. The van der Waals surface area contributed by atoms with Gasteiger partial charge >= 0.3 is 0 Å². The summed E-state index contributed by atoms with van der Waals surface area (Å²) in [7, 11) is 2.12. The van der Waals surface area contributed by atoms with E-state index >= 15 is 0 Å². The van der Waals surface area contributed by atoms with Gasteiger partial charge in [-0.05, 0) is 45.0 Å². The van der Waals surface area contributed by atoms with E-state index in [4.69, 9.17) is 0 Å². The molecule has 2 atom stereocenters. The van der Waals surface area contributed by atoms with Gasteiger partial charge in [0.05, 0.1) is 0 Å². The van der Waals surface area contributed by atoms with E-state index in [1.807, 2.05) is 13.0 Å². The number of nitrogens with one attached hydrogen (secondary N) is 2. The highest BCUT2D eigenvalue weighted by Gasteiger charge is 2.26. The first-order chi connectivity index (χ1) is 9.60. The molecule has 5 nitrogen and oxygen atoms in total. The summed E-state index contributed by atoms with van der Waals surface area (Å²) in [5.74, 6) is 0.390. The molecule has 2 unspecified atom stereocenters. The summed E-state index contributed by atoms with van der Waals surface area (Å²) >= 11 is 0. The average molecular weight is 276 g/mol. The molecule has 2 heterocycles. The van der Waals surface area contributed by atoms with E-state index in [9.17, 15) is 4.79 Å². The molecule has 0 spiro atoms. The van der Waals surface area contributed by atoms with Crippen molar-refractivity contribution < 1.29 is 4.79 Å². The van der Waals surface area contributed by atoms with Crippen molar-refractivity contribution in [1.29, 1.82) is 0 Å². The van der Waals surface area contributed by atoms with E-state index in [1.54, 1.807) is 12.3 Å². The Balaban J connectivity index is 1.99. The fraction of sp³-hybridized carbons (Fsp3) is 0.600. The normalized spacial score (nSPS) is 23.4. The topological polar surface area (TPSA) is 57.3 Å². The van der Waals surface area contributed by atoms with Crippen molar-refractivity contribution in [3.8, 4) is 0 Å². The second-order valence-electron chi connectivity index (χ2n) is 5.57. The van der Waals surface area contributed by atoms with E-state index in [-0.39, 0.29) is 11.9 Å². The maximum absolute atomic E-state index is 12.3. The predicted molar refractivity (Wildman–Crippen MR) is 80.9 cm³/mol. The molecule has 1 aliphatic heterocycles. The first-order valence-electron chi connectivity index (χ1n) is 7.29. The van der Waals surface area contributed by atoms with Crippen LogP contribution >= 0.6 is 0 Å². The maximum atomic E-state index is 12.3. The van der Waals surface area contributed by atoms with Gasteiger partial charge in [0, 0.05) is 31.0 Å². The monoisotopic (exact) mass is 276 g/mol. The minimum Gasteiger partial charge on any atom is -0.385 e. The number of aromatic nitrogens is 1. The number of rotatable bonds is 4. The molecule has 110 valence electrons. The van der Waals surface area contributed by atoms with Crippen LogP contribution in [-0.4, -0.2) is 48.5 Å². The highest BCUT2D eigenvalue weighted by molar-refractivity contribution is 5.93. The molecule has 20 heavy (non-hydrogen) atoms. The first kappa shape index (κ1) is 14.8. The molecule has 0 saturated carbocycles. The minimum absolute atomic E-state index is 0.0776. The standard InChI is InChI=1S/C15H24N4O/c1-4-16-12-5-7-17-14(9-12)15(20)18-13-6-8-19(3)10-11(13)2/h5,7,9,11,13H,4,6,8,10H2,1-3H3,(H,16,17)(H,18,20). The number of pyridine rings is 1. The molecular formula is C15H24N4O. The highest BCUT2D eigenvalue weighted by Crippen LogP contribution is 2.16. The lowest BCUT2D eigenvalue weighted by Crippen LogP contribution is -2.49. The predicted octanol–water partition coefficient (Wildman–Crippen LogP) is 1.58. The molecule has 1 fully saturated rings. The molecule has 0 aliphatic carbocycles. The molecular weight excluding hydrogens is 252 g/mol. The van der Waals surface area contributed by atoms with Crippen LogP contribution in [0.3, 0.4) is 0 Å². The molecule has 0 radical (unpaired) electrons. The van der Waals surface area contributed by atoms with Crippen molar-refractivity contribution in [3.63, 3.8) is 0 Å². The zero-order valence-corrected chi connectivity index (χ0v) is 12.5. The molecule has 1 aliphatic rings. The lowest BCUT2D eigenvalue weighted by atomic mass is 9.94. The summed E-state index contributed by atoms with van der Waals surface area (Å²) in [4.78, 5) is 18.7. The number of carbonyl (C=O) groups is 1. The Bertz CT molecular complexity index is 463. The molecule has 1 saturated heterocycles. The van der Waals surface area contributed by atoms with Gasteiger partial charge in [-0.2, -0.15) is 0 Å². The van der Waals surface area contributed by atoms with Crippen molar-refractivity contribution in [2.24, 2.45) is 5.92 Å². The second kappa shape index (κ2) is 6.70. The van der Waals surface area contributed by atoms with Crippen molar-refractivity contribution in [2.75, 3.05) is 32.0 Å². The minimum atomic E-state index is -0.0776. The van der Waals surface area contributed by atoms with Gasteiger partial charge in [0.25, 0.3) is 5.91 Å². The molecule has 0 aromatic carbocycles. The summed E-state index contributed by atoms with van der Waals surface area (Å²) in [6.45, 7) is 7.09. The van der Waals surface area contributed by atoms with Gasteiger partial charge in [-0.3, -0.25) is 9.78 Å². The second-order valence-corrected chi connectivity index (χ2v) is 5.57. The van der Waals surface area contributed by atoms with Crippen molar-refractivity contribution in [1.82, 2.24) is 15.2 Å². The summed E-state index contributed by atoms with van der Waals surface area (Å²) < 4.78 is 0. The Morgan fingerprint density at radius 2 is 2.35 bits per heavy atom.